The van der Waals surface area contributed by atoms with Gasteiger partial charge in [-0.05, 0) is 38.5 Å². The molecule has 3 rings (SSSR count). The smallest absolute Gasteiger partial charge is 0.159 e. The largest absolute Gasteiger partial charge is 0.366 e. The maximum atomic E-state index is 11.5. The van der Waals surface area contributed by atoms with Crippen LogP contribution in [-0.4, -0.2) is 15.8 Å². The van der Waals surface area contributed by atoms with Gasteiger partial charge < -0.3 is 10.6 Å². The standard InChI is InChI=1S/C21H22N4O/c1-14-7-9-17(10-8-14)13-22-20-12-21(24-16(3)23-20)25-19-6-4-5-18(11-19)15(2)26/h4-12H,13H2,1-3H3,(H2,22,23,24,25). The molecule has 0 saturated heterocycles. The normalized spacial score (nSPS) is 10.4. The fourth-order valence-electron chi connectivity index (χ4n) is 2.58. The van der Waals surface area contributed by atoms with Crippen LogP contribution in [0, 0.1) is 13.8 Å². The van der Waals surface area contributed by atoms with Gasteiger partial charge in [-0.15, -0.1) is 0 Å². The van der Waals surface area contributed by atoms with Crippen LogP contribution in [-0.2, 0) is 6.54 Å². The summed E-state index contributed by atoms with van der Waals surface area (Å²) in [4.78, 5) is 20.4. The number of aryl methyl sites for hydroxylation is 2. The van der Waals surface area contributed by atoms with E-state index in [2.05, 4.69) is 51.8 Å². The highest BCUT2D eigenvalue weighted by molar-refractivity contribution is 5.95. The third kappa shape index (κ3) is 4.66. The Hall–Kier alpha value is -3.21. The maximum Gasteiger partial charge on any atom is 0.159 e. The summed E-state index contributed by atoms with van der Waals surface area (Å²) in [6.07, 6.45) is 0. The average Bonchev–Trinajstić information content (AvgIpc) is 2.61. The van der Waals surface area contributed by atoms with E-state index < -0.39 is 0 Å². The van der Waals surface area contributed by atoms with Crippen LogP contribution in [0.4, 0.5) is 17.3 Å². The van der Waals surface area contributed by atoms with Gasteiger partial charge in [0.2, 0.25) is 0 Å². The number of nitrogens with zero attached hydrogens (tertiary/aromatic N) is 2. The lowest BCUT2D eigenvalue weighted by Crippen LogP contribution is -2.05. The monoisotopic (exact) mass is 346 g/mol. The minimum absolute atomic E-state index is 0.0352. The minimum Gasteiger partial charge on any atom is -0.366 e. The summed E-state index contributed by atoms with van der Waals surface area (Å²) in [7, 11) is 0. The minimum atomic E-state index is 0.0352. The second-order valence-electron chi connectivity index (χ2n) is 6.29. The number of hydrogen-bond donors (Lipinski definition) is 2. The molecule has 0 aliphatic carbocycles. The second kappa shape index (κ2) is 7.78. The average molecular weight is 346 g/mol. The van der Waals surface area contributed by atoms with Gasteiger partial charge in [0.05, 0.1) is 0 Å². The molecule has 5 heteroatoms. The lowest BCUT2D eigenvalue weighted by Gasteiger charge is -2.11. The van der Waals surface area contributed by atoms with Gasteiger partial charge in [0.1, 0.15) is 17.5 Å². The summed E-state index contributed by atoms with van der Waals surface area (Å²) in [5, 5.41) is 6.57. The van der Waals surface area contributed by atoms with E-state index in [1.54, 1.807) is 13.0 Å². The first-order chi connectivity index (χ1) is 12.5. The van der Waals surface area contributed by atoms with Crippen molar-refractivity contribution in [3.8, 4) is 0 Å². The number of anilines is 3. The van der Waals surface area contributed by atoms with Gasteiger partial charge in [-0.2, -0.15) is 0 Å². The molecular weight excluding hydrogens is 324 g/mol. The van der Waals surface area contributed by atoms with Crippen LogP contribution in [0.3, 0.4) is 0 Å². The van der Waals surface area contributed by atoms with Crippen molar-refractivity contribution in [1.29, 1.82) is 0 Å². The number of Topliss-reactive ketones (excluding diaryl/α,β-unsaturated/α-hetero) is 1. The van der Waals surface area contributed by atoms with Gasteiger partial charge in [-0.3, -0.25) is 4.79 Å². The third-order valence-corrected chi connectivity index (χ3v) is 3.97. The van der Waals surface area contributed by atoms with Crippen LogP contribution in [0.1, 0.15) is 34.2 Å². The van der Waals surface area contributed by atoms with Crippen molar-refractivity contribution in [2.75, 3.05) is 10.6 Å². The topological polar surface area (TPSA) is 66.9 Å². The van der Waals surface area contributed by atoms with E-state index in [4.69, 9.17) is 0 Å². The summed E-state index contributed by atoms with van der Waals surface area (Å²) < 4.78 is 0. The summed E-state index contributed by atoms with van der Waals surface area (Å²) in [6, 6.07) is 17.6. The Bertz CT molecular complexity index is 920. The highest BCUT2D eigenvalue weighted by Crippen LogP contribution is 2.19. The molecule has 2 aromatic carbocycles. The van der Waals surface area contributed by atoms with Crippen molar-refractivity contribution in [2.45, 2.75) is 27.3 Å². The SMILES string of the molecule is CC(=O)c1cccc(Nc2cc(NCc3ccc(C)cc3)nc(C)n2)c1. The number of ketones is 1. The zero-order valence-corrected chi connectivity index (χ0v) is 15.2. The molecule has 0 unspecified atom stereocenters. The van der Waals surface area contributed by atoms with Crippen molar-refractivity contribution in [3.05, 3.63) is 77.1 Å². The molecule has 1 heterocycles. The van der Waals surface area contributed by atoms with Gasteiger partial charge in [0, 0.05) is 23.9 Å². The van der Waals surface area contributed by atoms with E-state index in [0.29, 0.717) is 23.8 Å². The van der Waals surface area contributed by atoms with E-state index in [9.17, 15) is 4.79 Å². The zero-order valence-electron chi connectivity index (χ0n) is 15.2. The summed E-state index contributed by atoms with van der Waals surface area (Å²) in [6.45, 7) is 6.18. The first-order valence-electron chi connectivity index (χ1n) is 8.53. The number of carbonyl (C=O) groups excluding carboxylic acids is 1. The van der Waals surface area contributed by atoms with Crippen molar-refractivity contribution >= 4 is 23.1 Å². The molecule has 0 saturated carbocycles. The van der Waals surface area contributed by atoms with Crippen LogP contribution in [0.25, 0.3) is 0 Å². The molecule has 0 radical (unpaired) electrons. The van der Waals surface area contributed by atoms with Crippen LogP contribution >= 0.6 is 0 Å². The Morgan fingerprint density at radius 1 is 0.962 bits per heavy atom. The molecule has 0 atom stereocenters. The highest BCUT2D eigenvalue weighted by Gasteiger charge is 2.05. The predicted octanol–water partition coefficient (Wildman–Crippen LogP) is 4.65. The fourth-order valence-corrected chi connectivity index (χ4v) is 2.58. The van der Waals surface area contributed by atoms with E-state index in [1.807, 2.05) is 31.2 Å². The Balaban J connectivity index is 1.74. The van der Waals surface area contributed by atoms with E-state index in [1.165, 1.54) is 11.1 Å². The molecule has 132 valence electrons. The van der Waals surface area contributed by atoms with Crippen molar-refractivity contribution < 1.29 is 4.79 Å². The first-order valence-corrected chi connectivity index (χ1v) is 8.53. The molecule has 3 aromatic rings. The summed E-state index contributed by atoms with van der Waals surface area (Å²) >= 11 is 0. The van der Waals surface area contributed by atoms with Crippen molar-refractivity contribution in [3.63, 3.8) is 0 Å². The molecule has 2 N–H and O–H groups in total. The summed E-state index contributed by atoms with van der Waals surface area (Å²) in [5.74, 6) is 2.14. The van der Waals surface area contributed by atoms with E-state index in [-0.39, 0.29) is 5.78 Å². The quantitative estimate of drug-likeness (QED) is 0.636. The molecule has 0 aliphatic rings. The molecule has 0 fully saturated rings. The van der Waals surface area contributed by atoms with E-state index in [0.717, 1.165) is 11.5 Å². The number of carbonyl (C=O) groups is 1. The number of hydrogen-bond acceptors (Lipinski definition) is 5. The molecule has 0 bridgehead atoms. The van der Waals surface area contributed by atoms with Crippen LogP contribution in [0.5, 0.6) is 0 Å². The van der Waals surface area contributed by atoms with Gasteiger partial charge in [-0.25, -0.2) is 9.97 Å². The molecular formula is C21H22N4O. The predicted molar refractivity (Wildman–Crippen MR) is 105 cm³/mol. The Morgan fingerprint density at radius 2 is 1.69 bits per heavy atom. The van der Waals surface area contributed by atoms with Crippen LogP contribution in [0.2, 0.25) is 0 Å². The third-order valence-electron chi connectivity index (χ3n) is 3.97. The van der Waals surface area contributed by atoms with Gasteiger partial charge in [0.25, 0.3) is 0 Å². The molecule has 0 amide bonds. The highest BCUT2D eigenvalue weighted by atomic mass is 16.1. The molecule has 1 aromatic heterocycles. The number of benzene rings is 2. The summed E-state index contributed by atoms with van der Waals surface area (Å²) in [5.41, 5.74) is 3.92. The van der Waals surface area contributed by atoms with Crippen molar-refractivity contribution in [2.24, 2.45) is 0 Å². The fraction of sp³-hybridized carbons (Fsp3) is 0.190. The zero-order chi connectivity index (χ0) is 18.5. The van der Waals surface area contributed by atoms with Crippen LogP contribution in [0.15, 0.2) is 54.6 Å². The van der Waals surface area contributed by atoms with Gasteiger partial charge in [-0.1, -0.05) is 42.0 Å². The van der Waals surface area contributed by atoms with Crippen molar-refractivity contribution in [1.82, 2.24) is 9.97 Å². The molecule has 26 heavy (non-hydrogen) atoms. The molecule has 5 nitrogen and oxygen atoms in total. The lowest BCUT2D eigenvalue weighted by molar-refractivity contribution is 0.101. The number of rotatable bonds is 6. The Morgan fingerprint density at radius 3 is 2.42 bits per heavy atom. The lowest BCUT2D eigenvalue weighted by atomic mass is 10.1. The number of aromatic nitrogens is 2. The number of nitrogens with one attached hydrogen (secondary N) is 2. The maximum absolute atomic E-state index is 11.5. The van der Waals surface area contributed by atoms with Gasteiger partial charge >= 0.3 is 0 Å². The second-order valence-corrected chi connectivity index (χ2v) is 6.29. The Labute approximate surface area is 153 Å². The molecule has 0 aliphatic heterocycles. The Kier molecular flexibility index (Phi) is 5.27. The van der Waals surface area contributed by atoms with E-state index >= 15 is 0 Å². The van der Waals surface area contributed by atoms with Gasteiger partial charge in [0.15, 0.2) is 5.78 Å². The van der Waals surface area contributed by atoms with Crippen LogP contribution < -0.4 is 10.6 Å². The molecule has 0 spiro atoms. The first kappa shape index (κ1) is 17.6.